The number of carboxylic acid groups (broad SMARTS) is 1. The van der Waals surface area contributed by atoms with Crippen LogP contribution in [0.3, 0.4) is 0 Å². The van der Waals surface area contributed by atoms with Gasteiger partial charge in [-0.25, -0.2) is 4.98 Å². The maximum atomic E-state index is 10.6. The number of halogens is 1. The summed E-state index contributed by atoms with van der Waals surface area (Å²) >= 11 is 0. The number of pyridine rings is 1. The molecule has 0 unspecified atom stereocenters. The standard InChI is InChI=1S/C17H21N3O4.ClH/c18-16-6-3-13(10-20-16)15(21)11-19-7-8-24-14-4-1-12(2-5-14)9-17(22)23;/h1-6,10,15,19,21H,7-9,11H2,(H2,18,20)(H,22,23);1H/t15-;/m1./s1. The van der Waals surface area contributed by atoms with Gasteiger partial charge in [-0.2, -0.15) is 0 Å². The van der Waals surface area contributed by atoms with Gasteiger partial charge in [0.05, 0.1) is 12.5 Å². The van der Waals surface area contributed by atoms with E-state index in [1.54, 1.807) is 42.6 Å². The van der Waals surface area contributed by atoms with Gasteiger partial charge in [0.1, 0.15) is 18.2 Å². The lowest BCUT2D eigenvalue weighted by Crippen LogP contribution is -2.26. The zero-order valence-corrected chi connectivity index (χ0v) is 14.4. The van der Waals surface area contributed by atoms with E-state index in [-0.39, 0.29) is 18.8 Å². The van der Waals surface area contributed by atoms with Gasteiger partial charge in [0.25, 0.3) is 0 Å². The molecule has 0 spiro atoms. The highest BCUT2D eigenvalue weighted by Gasteiger charge is 2.07. The summed E-state index contributed by atoms with van der Waals surface area (Å²) in [5, 5.41) is 21.8. The molecule has 0 saturated carbocycles. The van der Waals surface area contributed by atoms with Crippen LogP contribution in [0.1, 0.15) is 17.2 Å². The van der Waals surface area contributed by atoms with Crippen molar-refractivity contribution in [1.29, 1.82) is 0 Å². The largest absolute Gasteiger partial charge is 0.492 e. The van der Waals surface area contributed by atoms with Gasteiger partial charge >= 0.3 is 5.97 Å². The third-order valence-electron chi connectivity index (χ3n) is 3.36. The molecular weight excluding hydrogens is 346 g/mol. The SMILES string of the molecule is Cl.Nc1ccc([C@H](O)CNCCOc2ccc(CC(=O)O)cc2)cn1. The van der Waals surface area contributed by atoms with Crippen LogP contribution in [0, 0.1) is 0 Å². The topological polar surface area (TPSA) is 118 Å². The fraction of sp³-hybridized carbons (Fsp3) is 0.294. The molecule has 1 aromatic heterocycles. The molecular formula is C17H22ClN3O4. The molecule has 1 heterocycles. The Morgan fingerprint density at radius 3 is 2.56 bits per heavy atom. The quantitative estimate of drug-likeness (QED) is 0.495. The number of nitrogens with two attached hydrogens (primary N) is 1. The lowest BCUT2D eigenvalue weighted by molar-refractivity contribution is -0.136. The van der Waals surface area contributed by atoms with Crippen molar-refractivity contribution in [3.05, 3.63) is 53.7 Å². The summed E-state index contributed by atoms with van der Waals surface area (Å²) in [7, 11) is 0. The van der Waals surface area contributed by atoms with Crippen molar-refractivity contribution in [3.8, 4) is 5.75 Å². The first-order valence-corrected chi connectivity index (χ1v) is 7.58. The van der Waals surface area contributed by atoms with E-state index in [0.29, 0.717) is 36.8 Å². The minimum Gasteiger partial charge on any atom is -0.492 e. The summed E-state index contributed by atoms with van der Waals surface area (Å²) in [6.07, 6.45) is 0.893. The van der Waals surface area contributed by atoms with E-state index in [1.807, 2.05) is 0 Å². The van der Waals surface area contributed by atoms with Crippen molar-refractivity contribution in [2.75, 3.05) is 25.4 Å². The van der Waals surface area contributed by atoms with Crippen LogP contribution in [0.5, 0.6) is 5.75 Å². The molecule has 25 heavy (non-hydrogen) atoms. The molecule has 0 aliphatic heterocycles. The number of nitrogens with zero attached hydrogens (tertiary/aromatic N) is 1. The maximum absolute atomic E-state index is 10.6. The molecule has 0 radical (unpaired) electrons. The highest BCUT2D eigenvalue weighted by Crippen LogP contribution is 2.13. The Morgan fingerprint density at radius 1 is 1.24 bits per heavy atom. The number of benzene rings is 1. The zero-order valence-electron chi connectivity index (χ0n) is 13.6. The zero-order chi connectivity index (χ0) is 17.4. The number of aromatic nitrogens is 1. The minimum absolute atomic E-state index is 0. The number of anilines is 1. The molecule has 1 aromatic carbocycles. The lowest BCUT2D eigenvalue weighted by Gasteiger charge is -2.12. The van der Waals surface area contributed by atoms with Crippen molar-refractivity contribution in [2.45, 2.75) is 12.5 Å². The molecule has 0 fully saturated rings. The Balaban J connectivity index is 0.00000312. The Bertz CT molecular complexity index is 650. The number of nitrogen functional groups attached to an aromatic ring is 1. The summed E-state index contributed by atoms with van der Waals surface area (Å²) in [5.74, 6) is 0.235. The second kappa shape index (κ2) is 10.5. The Hall–Kier alpha value is -2.35. The second-order valence-corrected chi connectivity index (χ2v) is 5.30. The molecule has 8 heteroatoms. The van der Waals surface area contributed by atoms with Gasteiger partial charge in [-0.3, -0.25) is 4.79 Å². The number of ether oxygens (including phenoxy) is 1. The highest BCUT2D eigenvalue weighted by molar-refractivity contribution is 5.85. The molecule has 5 N–H and O–H groups in total. The van der Waals surface area contributed by atoms with Crippen molar-refractivity contribution in [1.82, 2.24) is 10.3 Å². The lowest BCUT2D eigenvalue weighted by atomic mass is 10.1. The van der Waals surface area contributed by atoms with Crippen LogP contribution >= 0.6 is 12.4 Å². The Kier molecular flexibility index (Phi) is 8.69. The van der Waals surface area contributed by atoms with Crippen molar-refractivity contribution in [2.24, 2.45) is 0 Å². The van der Waals surface area contributed by atoms with Crippen LogP contribution < -0.4 is 15.8 Å². The van der Waals surface area contributed by atoms with E-state index in [4.69, 9.17) is 15.6 Å². The number of nitrogens with one attached hydrogen (secondary N) is 1. The average Bonchev–Trinajstić information content (AvgIpc) is 2.56. The number of carbonyl (C=O) groups is 1. The number of aliphatic hydroxyl groups excluding tert-OH is 1. The van der Waals surface area contributed by atoms with Crippen LogP contribution in [-0.2, 0) is 11.2 Å². The van der Waals surface area contributed by atoms with Gasteiger partial charge < -0.3 is 26.0 Å². The average molecular weight is 368 g/mol. The number of carboxylic acids is 1. The molecule has 0 aliphatic carbocycles. The fourth-order valence-corrected chi connectivity index (χ4v) is 2.09. The molecule has 0 aliphatic rings. The first-order valence-electron chi connectivity index (χ1n) is 7.58. The van der Waals surface area contributed by atoms with Gasteiger partial charge in [-0.15, -0.1) is 12.4 Å². The third-order valence-corrected chi connectivity index (χ3v) is 3.36. The summed E-state index contributed by atoms with van der Waals surface area (Å²) in [6, 6.07) is 10.3. The molecule has 2 aromatic rings. The van der Waals surface area contributed by atoms with Crippen LogP contribution in [0.15, 0.2) is 42.6 Å². The van der Waals surface area contributed by atoms with Crippen molar-refractivity contribution < 1.29 is 19.7 Å². The van der Waals surface area contributed by atoms with Gasteiger partial charge in [0, 0.05) is 24.8 Å². The van der Waals surface area contributed by atoms with Crippen LogP contribution in [0.4, 0.5) is 5.82 Å². The van der Waals surface area contributed by atoms with Gasteiger partial charge in [-0.05, 0) is 23.8 Å². The molecule has 0 amide bonds. The van der Waals surface area contributed by atoms with E-state index in [2.05, 4.69) is 10.3 Å². The number of aliphatic hydroxyl groups is 1. The summed E-state index contributed by atoms with van der Waals surface area (Å²) in [6.45, 7) is 1.38. The predicted molar refractivity (Wildman–Crippen MR) is 97.0 cm³/mol. The van der Waals surface area contributed by atoms with Crippen LogP contribution in [0.2, 0.25) is 0 Å². The van der Waals surface area contributed by atoms with E-state index in [1.165, 1.54) is 0 Å². The second-order valence-electron chi connectivity index (χ2n) is 5.30. The summed E-state index contributed by atoms with van der Waals surface area (Å²) in [5.41, 5.74) is 6.93. The van der Waals surface area contributed by atoms with E-state index in [0.717, 1.165) is 5.56 Å². The molecule has 7 nitrogen and oxygen atoms in total. The Labute approximate surface area is 152 Å². The third kappa shape index (κ3) is 7.38. The van der Waals surface area contributed by atoms with Crippen LogP contribution in [0.25, 0.3) is 0 Å². The molecule has 0 saturated heterocycles. The van der Waals surface area contributed by atoms with E-state index < -0.39 is 12.1 Å². The molecule has 136 valence electrons. The maximum Gasteiger partial charge on any atom is 0.307 e. The molecule has 0 bridgehead atoms. The van der Waals surface area contributed by atoms with Crippen molar-refractivity contribution >= 4 is 24.2 Å². The van der Waals surface area contributed by atoms with E-state index >= 15 is 0 Å². The van der Waals surface area contributed by atoms with Gasteiger partial charge in [-0.1, -0.05) is 18.2 Å². The molecule has 2 rings (SSSR count). The number of hydrogen-bond acceptors (Lipinski definition) is 6. The molecule has 1 atom stereocenters. The minimum atomic E-state index is -0.859. The number of rotatable bonds is 9. The monoisotopic (exact) mass is 367 g/mol. The summed E-state index contributed by atoms with van der Waals surface area (Å²) in [4.78, 5) is 14.5. The van der Waals surface area contributed by atoms with Gasteiger partial charge in [0.2, 0.25) is 0 Å². The summed E-state index contributed by atoms with van der Waals surface area (Å²) < 4.78 is 5.55. The number of aliphatic carboxylic acids is 1. The fourth-order valence-electron chi connectivity index (χ4n) is 2.09. The number of hydrogen-bond donors (Lipinski definition) is 4. The van der Waals surface area contributed by atoms with Crippen LogP contribution in [-0.4, -0.2) is 40.9 Å². The smallest absolute Gasteiger partial charge is 0.307 e. The first-order chi connectivity index (χ1) is 11.5. The van der Waals surface area contributed by atoms with Gasteiger partial charge in [0.15, 0.2) is 0 Å². The Morgan fingerprint density at radius 2 is 1.96 bits per heavy atom. The highest BCUT2D eigenvalue weighted by atomic mass is 35.5. The van der Waals surface area contributed by atoms with E-state index in [9.17, 15) is 9.90 Å². The van der Waals surface area contributed by atoms with Crippen molar-refractivity contribution in [3.63, 3.8) is 0 Å². The predicted octanol–water partition coefficient (Wildman–Crippen LogP) is 1.41. The normalized spacial score (nSPS) is 11.4. The first kappa shape index (κ1) is 20.7.